The van der Waals surface area contributed by atoms with Gasteiger partial charge >= 0.3 is 0 Å². The molecular weight excluding hydrogens is 360 g/mol. The van der Waals surface area contributed by atoms with Crippen molar-refractivity contribution in [3.05, 3.63) is 82.4 Å². The standard InChI is InChI=1S/C20H22N4O2S/c1-15-18(16(2)23(22-15)13-17-8-4-3-5-9-17)12-21-19(25)14-27-20-10-6-7-11-24(20)26/h3-11H,12-14H2,1-2H3,(H,21,25). The van der Waals surface area contributed by atoms with Crippen molar-refractivity contribution in [2.75, 3.05) is 5.75 Å². The molecule has 6 nitrogen and oxygen atoms in total. The maximum Gasteiger partial charge on any atom is 0.251 e. The average molecular weight is 382 g/mol. The van der Waals surface area contributed by atoms with Crippen LogP contribution in [0.25, 0.3) is 0 Å². The lowest BCUT2D eigenvalue weighted by atomic mass is 10.2. The first-order chi connectivity index (χ1) is 13.0. The molecule has 1 amide bonds. The van der Waals surface area contributed by atoms with E-state index >= 15 is 0 Å². The fourth-order valence-corrected chi connectivity index (χ4v) is 3.55. The fourth-order valence-electron chi connectivity index (χ4n) is 2.80. The van der Waals surface area contributed by atoms with Gasteiger partial charge in [0, 0.05) is 29.9 Å². The summed E-state index contributed by atoms with van der Waals surface area (Å²) in [6.07, 6.45) is 1.42. The quantitative estimate of drug-likeness (QED) is 0.387. The lowest BCUT2D eigenvalue weighted by Crippen LogP contribution is -2.30. The van der Waals surface area contributed by atoms with Crippen molar-refractivity contribution in [1.29, 1.82) is 0 Å². The minimum Gasteiger partial charge on any atom is -0.618 e. The Bertz CT molecular complexity index is 925. The molecule has 1 N–H and O–H groups in total. The van der Waals surface area contributed by atoms with E-state index in [1.807, 2.05) is 36.7 Å². The van der Waals surface area contributed by atoms with Gasteiger partial charge < -0.3 is 10.5 Å². The van der Waals surface area contributed by atoms with Crippen LogP contribution in [0.5, 0.6) is 0 Å². The van der Waals surface area contributed by atoms with Gasteiger partial charge in [-0.2, -0.15) is 9.83 Å². The maximum absolute atomic E-state index is 12.2. The zero-order valence-corrected chi connectivity index (χ0v) is 16.2. The van der Waals surface area contributed by atoms with E-state index in [4.69, 9.17) is 0 Å². The Hall–Kier alpha value is -2.80. The summed E-state index contributed by atoms with van der Waals surface area (Å²) in [5, 5.41) is 19.6. The smallest absolute Gasteiger partial charge is 0.251 e. The molecule has 0 aliphatic rings. The predicted octanol–water partition coefficient (Wildman–Crippen LogP) is 2.59. The molecule has 0 fully saturated rings. The van der Waals surface area contributed by atoms with Gasteiger partial charge in [-0.05, 0) is 37.2 Å². The molecule has 27 heavy (non-hydrogen) atoms. The molecule has 7 heteroatoms. The van der Waals surface area contributed by atoms with Crippen LogP contribution in [0.4, 0.5) is 0 Å². The van der Waals surface area contributed by atoms with Crippen LogP contribution in [0.1, 0.15) is 22.5 Å². The maximum atomic E-state index is 12.2. The van der Waals surface area contributed by atoms with E-state index in [9.17, 15) is 10.0 Å². The highest BCUT2D eigenvalue weighted by Crippen LogP contribution is 2.15. The van der Waals surface area contributed by atoms with Crippen LogP contribution in [0.3, 0.4) is 0 Å². The van der Waals surface area contributed by atoms with Crippen LogP contribution < -0.4 is 10.0 Å². The largest absolute Gasteiger partial charge is 0.618 e. The molecule has 3 rings (SSSR count). The van der Waals surface area contributed by atoms with Gasteiger partial charge in [0.25, 0.3) is 5.03 Å². The highest BCUT2D eigenvalue weighted by atomic mass is 32.2. The van der Waals surface area contributed by atoms with E-state index in [1.54, 1.807) is 18.2 Å². The van der Waals surface area contributed by atoms with Crippen molar-refractivity contribution in [3.8, 4) is 0 Å². The van der Waals surface area contributed by atoms with Crippen LogP contribution in [-0.2, 0) is 17.9 Å². The van der Waals surface area contributed by atoms with Gasteiger partial charge in [-0.1, -0.05) is 30.3 Å². The number of carbonyl (C=O) groups excluding carboxylic acids is 1. The Labute approximate surface area is 162 Å². The summed E-state index contributed by atoms with van der Waals surface area (Å²) < 4.78 is 2.73. The van der Waals surface area contributed by atoms with Gasteiger partial charge in [-0.25, -0.2) is 0 Å². The summed E-state index contributed by atoms with van der Waals surface area (Å²) in [5.74, 6) is 0.0844. The Morgan fingerprint density at radius 3 is 2.67 bits per heavy atom. The average Bonchev–Trinajstić information content (AvgIpc) is 2.93. The molecular formula is C20H22N4O2S. The number of aromatic nitrogens is 3. The van der Waals surface area contributed by atoms with E-state index in [1.165, 1.54) is 23.5 Å². The molecule has 0 radical (unpaired) electrons. The molecule has 3 aromatic rings. The minimum absolute atomic E-state index is 0.113. The monoisotopic (exact) mass is 382 g/mol. The van der Waals surface area contributed by atoms with Gasteiger partial charge in [-0.3, -0.25) is 9.48 Å². The highest BCUT2D eigenvalue weighted by Gasteiger charge is 2.14. The summed E-state index contributed by atoms with van der Waals surface area (Å²) in [4.78, 5) is 12.2. The second kappa shape index (κ2) is 8.73. The zero-order valence-electron chi connectivity index (χ0n) is 15.4. The van der Waals surface area contributed by atoms with Gasteiger partial charge in [0.2, 0.25) is 5.91 Å². The first kappa shape index (κ1) is 19.0. The number of rotatable bonds is 7. The van der Waals surface area contributed by atoms with Crippen molar-refractivity contribution >= 4 is 17.7 Å². The van der Waals surface area contributed by atoms with Gasteiger partial charge in [0.15, 0.2) is 6.20 Å². The van der Waals surface area contributed by atoms with Crippen LogP contribution in [-0.4, -0.2) is 21.4 Å². The Morgan fingerprint density at radius 1 is 1.19 bits per heavy atom. The molecule has 0 spiro atoms. The number of amides is 1. The lowest BCUT2D eigenvalue weighted by Gasteiger charge is -2.07. The van der Waals surface area contributed by atoms with Gasteiger partial charge in [-0.15, -0.1) is 0 Å². The minimum atomic E-state index is -0.113. The third-order valence-corrected chi connectivity index (χ3v) is 5.33. The highest BCUT2D eigenvalue weighted by molar-refractivity contribution is 7.99. The third kappa shape index (κ3) is 4.89. The summed E-state index contributed by atoms with van der Waals surface area (Å²) in [5.41, 5.74) is 4.17. The number of thioether (sulfide) groups is 1. The number of pyridine rings is 1. The second-order valence-corrected chi connectivity index (χ2v) is 7.22. The molecule has 0 bridgehead atoms. The normalized spacial score (nSPS) is 10.7. The topological polar surface area (TPSA) is 73.9 Å². The van der Waals surface area contributed by atoms with Crippen molar-refractivity contribution < 1.29 is 9.52 Å². The van der Waals surface area contributed by atoms with Gasteiger partial charge in [0.05, 0.1) is 18.0 Å². The van der Waals surface area contributed by atoms with Crippen molar-refractivity contribution in [1.82, 2.24) is 15.1 Å². The zero-order chi connectivity index (χ0) is 19.2. The number of carbonyl (C=O) groups is 1. The van der Waals surface area contributed by atoms with E-state index in [0.29, 0.717) is 18.1 Å². The van der Waals surface area contributed by atoms with E-state index < -0.39 is 0 Å². The van der Waals surface area contributed by atoms with Crippen molar-refractivity contribution in [3.63, 3.8) is 0 Å². The van der Waals surface area contributed by atoms with Crippen molar-refractivity contribution in [2.24, 2.45) is 0 Å². The van der Waals surface area contributed by atoms with Crippen LogP contribution >= 0.6 is 11.8 Å². The molecule has 0 aliphatic carbocycles. The molecule has 140 valence electrons. The van der Waals surface area contributed by atoms with E-state index in [-0.39, 0.29) is 11.7 Å². The molecule has 0 unspecified atom stereocenters. The van der Waals surface area contributed by atoms with E-state index in [0.717, 1.165) is 21.7 Å². The number of hydrogen-bond donors (Lipinski definition) is 1. The number of benzene rings is 1. The van der Waals surface area contributed by atoms with E-state index in [2.05, 4.69) is 22.5 Å². The summed E-state index contributed by atoms with van der Waals surface area (Å²) >= 11 is 1.22. The van der Waals surface area contributed by atoms with Crippen LogP contribution in [0, 0.1) is 19.1 Å². The summed E-state index contributed by atoms with van der Waals surface area (Å²) in [7, 11) is 0. The summed E-state index contributed by atoms with van der Waals surface area (Å²) in [6.45, 7) is 5.10. The molecule has 0 atom stereocenters. The van der Waals surface area contributed by atoms with Crippen LogP contribution in [0.15, 0.2) is 59.8 Å². The number of hydrogen-bond acceptors (Lipinski definition) is 4. The first-order valence-electron chi connectivity index (χ1n) is 8.69. The Kier molecular flexibility index (Phi) is 6.13. The SMILES string of the molecule is Cc1nn(Cc2ccccc2)c(C)c1CNC(=O)CSc1cccc[n+]1[O-]. The molecule has 2 aromatic heterocycles. The number of aryl methyl sites for hydroxylation is 1. The lowest BCUT2D eigenvalue weighted by molar-refractivity contribution is -0.645. The molecule has 0 aliphatic heterocycles. The van der Waals surface area contributed by atoms with Crippen molar-refractivity contribution in [2.45, 2.75) is 32.0 Å². The molecule has 0 saturated heterocycles. The second-order valence-electron chi connectivity index (χ2n) is 6.22. The number of nitrogens with zero attached hydrogens (tertiary/aromatic N) is 3. The Balaban J connectivity index is 1.57. The number of nitrogens with one attached hydrogen (secondary N) is 1. The summed E-state index contributed by atoms with van der Waals surface area (Å²) in [6, 6.07) is 15.3. The Morgan fingerprint density at radius 2 is 1.93 bits per heavy atom. The predicted molar refractivity (Wildman–Crippen MR) is 105 cm³/mol. The molecule has 2 heterocycles. The molecule has 1 aromatic carbocycles. The van der Waals surface area contributed by atoms with Crippen LogP contribution in [0.2, 0.25) is 0 Å². The molecule has 0 saturated carbocycles. The third-order valence-electron chi connectivity index (χ3n) is 4.31. The first-order valence-corrected chi connectivity index (χ1v) is 9.67. The van der Waals surface area contributed by atoms with Gasteiger partial charge in [0.1, 0.15) is 0 Å². The fraction of sp³-hybridized carbons (Fsp3) is 0.250.